The van der Waals surface area contributed by atoms with Crippen molar-refractivity contribution in [2.24, 2.45) is 4.99 Å². The van der Waals surface area contributed by atoms with Gasteiger partial charge in [0.1, 0.15) is 0 Å². The van der Waals surface area contributed by atoms with Crippen LogP contribution >= 0.6 is 35.7 Å². The van der Waals surface area contributed by atoms with Crippen molar-refractivity contribution in [1.82, 2.24) is 15.6 Å². The average Bonchev–Trinajstić information content (AvgIpc) is 3.43. The zero-order chi connectivity index (χ0) is 18.2. The average molecular weight is 498 g/mol. The summed E-state index contributed by atoms with van der Waals surface area (Å²) in [6, 6.07) is 14.5. The molecule has 0 radical (unpaired) electrons. The normalized spacial score (nSPS) is 14.8. The Kier molecular flexibility index (Phi) is 8.69. The van der Waals surface area contributed by atoms with Crippen LogP contribution in [-0.4, -0.2) is 35.9 Å². The van der Waals surface area contributed by atoms with Gasteiger partial charge in [-0.2, -0.15) is 0 Å². The van der Waals surface area contributed by atoms with E-state index in [1.54, 1.807) is 13.2 Å². The Morgan fingerprint density at radius 2 is 1.96 bits per heavy atom. The summed E-state index contributed by atoms with van der Waals surface area (Å²) in [7, 11) is 1.80. The lowest BCUT2D eigenvalue weighted by Crippen LogP contribution is -2.40. The minimum Gasteiger partial charge on any atom is -0.478 e. The number of aromatic nitrogens is 1. The lowest BCUT2D eigenvalue weighted by Gasteiger charge is -2.18. The molecule has 7 heteroatoms. The molecule has 0 amide bonds. The van der Waals surface area contributed by atoms with Crippen molar-refractivity contribution in [3.63, 3.8) is 0 Å². The molecular weight excluding hydrogens is 471 g/mol. The molecule has 1 fully saturated rings. The van der Waals surface area contributed by atoms with E-state index in [-0.39, 0.29) is 28.7 Å². The van der Waals surface area contributed by atoms with Crippen molar-refractivity contribution in [1.29, 1.82) is 0 Å². The lowest BCUT2D eigenvalue weighted by atomic mass is 10.2. The van der Waals surface area contributed by atoms with Crippen LogP contribution in [0.5, 0.6) is 5.88 Å². The number of rotatable bonds is 8. The molecule has 2 aromatic rings. The van der Waals surface area contributed by atoms with Crippen molar-refractivity contribution in [3.8, 4) is 5.88 Å². The molecule has 0 aliphatic heterocycles. The van der Waals surface area contributed by atoms with Crippen molar-refractivity contribution in [3.05, 3.63) is 54.2 Å². The Bertz CT molecular complexity index is 738. The summed E-state index contributed by atoms with van der Waals surface area (Å²) in [4.78, 5) is 9.95. The SMILES string of the molecule is CCOc1ncccc1CNC(=NC)NCC1(Sc2ccccc2)CC1.I. The highest BCUT2D eigenvalue weighted by molar-refractivity contribution is 14.0. The summed E-state index contributed by atoms with van der Waals surface area (Å²) in [5.41, 5.74) is 1.03. The van der Waals surface area contributed by atoms with Gasteiger partial charge in [0.15, 0.2) is 5.96 Å². The smallest absolute Gasteiger partial charge is 0.218 e. The molecular formula is C20H27IN4OS. The Morgan fingerprint density at radius 3 is 2.63 bits per heavy atom. The molecule has 1 aromatic heterocycles. The van der Waals surface area contributed by atoms with Gasteiger partial charge in [-0.1, -0.05) is 24.3 Å². The first-order valence-corrected chi connectivity index (χ1v) is 9.81. The number of benzene rings is 1. The summed E-state index contributed by atoms with van der Waals surface area (Å²) in [6.07, 6.45) is 4.21. The number of thioether (sulfide) groups is 1. The van der Waals surface area contributed by atoms with Gasteiger partial charge in [0.05, 0.1) is 6.61 Å². The molecule has 1 aliphatic carbocycles. The summed E-state index contributed by atoms with van der Waals surface area (Å²) >= 11 is 1.96. The van der Waals surface area contributed by atoms with E-state index < -0.39 is 0 Å². The van der Waals surface area contributed by atoms with Crippen LogP contribution in [0.4, 0.5) is 0 Å². The minimum atomic E-state index is 0. The fraction of sp³-hybridized carbons (Fsp3) is 0.400. The molecule has 27 heavy (non-hydrogen) atoms. The second-order valence-corrected chi connectivity index (χ2v) is 7.82. The fourth-order valence-electron chi connectivity index (χ4n) is 2.66. The Hall–Kier alpha value is -1.48. The first-order chi connectivity index (χ1) is 12.7. The molecule has 2 N–H and O–H groups in total. The van der Waals surface area contributed by atoms with Gasteiger partial charge in [-0.05, 0) is 38.0 Å². The van der Waals surface area contributed by atoms with E-state index in [9.17, 15) is 0 Å². The monoisotopic (exact) mass is 498 g/mol. The molecule has 0 unspecified atom stereocenters. The van der Waals surface area contributed by atoms with Crippen LogP contribution in [0.15, 0.2) is 58.5 Å². The highest BCUT2D eigenvalue weighted by atomic mass is 127. The van der Waals surface area contributed by atoms with E-state index in [0.717, 1.165) is 18.1 Å². The second kappa shape index (κ2) is 10.8. The van der Waals surface area contributed by atoms with Gasteiger partial charge < -0.3 is 15.4 Å². The van der Waals surface area contributed by atoms with Crippen molar-refractivity contribution in [2.75, 3.05) is 20.2 Å². The van der Waals surface area contributed by atoms with Gasteiger partial charge in [0.2, 0.25) is 5.88 Å². The zero-order valence-electron chi connectivity index (χ0n) is 15.8. The third-order valence-corrected chi connectivity index (χ3v) is 5.76. The number of guanidine groups is 1. The van der Waals surface area contributed by atoms with Gasteiger partial charge >= 0.3 is 0 Å². The molecule has 0 saturated heterocycles. The quantitative estimate of drug-likeness (QED) is 0.326. The van der Waals surface area contributed by atoms with Crippen LogP contribution in [0.3, 0.4) is 0 Å². The van der Waals surface area contributed by atoms with Crippen molar-refractivity contribution in [2.45, 2.75) is 36.0 Å². The molecule has 1 aromatic carbocycles. The Labute approximate surface area is 182 Å². The van der Waals surface area contributed by atoms with E-state index in [1.807, 2.05) is 30.8 Å². The predicted molar refractivity (Wildman–Crippen MR) is 123 cm³/mol. The molecule has 0 bridgehead atoms. The zero-order valence-corrected chi connectivity index (χ0v) is 18.9. The number of nitrogens with one attached hydrogen (secondary N) is 2. The summed E-state index contributed by atoms with van der Waals surface area (Å²) < 4.78 is 5.86. The number of hydrogen-bond acceptors (Lipinski definition) is 4. The predicted octanol–water partition coefficient (Wildman–Crippen LogP) is 4.09. The van der Waals surface area contributed by atoms with Crippen LogP contribution in [0.1, 0.15) is 25.3 Å². The van der Waals surface area contributed by atoms with E-state index in [2.05, 4.69) is 50.9 Å². The number of ether oxygens (including phenoxy) is 1. The van der Waals surface area contributed by atoms with E-state index in [4.69, 9.17) is 4.74 Å². The number of nitrogens with zero attached hydrogens (tertiary/aromatic N) is 2. The summed E-state index contributed by atoms with van der Waals surface area (Å²) in [5, 5.41) is 6.83. The number of halogens is 1. The molecule has 0 atom stereocenters. The highest BCUT2D eigenvalue weighted by Crippen LogP contribution is 2.51. The van der Waals surface area contributed by atoms with Crippen LogP contribution in [0, 0.1) is 0 Å². The molecule has 146 valence electrons. The lowest BCUT2D eigenvalue weighted by molar-refractivity contribution is 0.322. The van der Waals surface area contributed by atoms with E-state index in [0.29, 0.717) is 19.0 Å². The first kappa shape index (κ1) is 21.8. The molecule has 0 spiro atoms. The van der Waals surface area contributed by atoms with Crippen molar-refractivity contribution >= 4 is 41.7 Å². The Morgan fingerprint density at radius 1 is 1.19 bits per heavy atom. The topological polar surface area (TPSA) is 58.5 Å². The number of aliphatic imine (C=N–C) groups is 1. The molecule has 1 heterocycles. The van der Waals surface area contributed by atoms with E-state index >= 15 is 0 Å². The van der Waals surface area contributed by atoms with Gasteiger partial charge in [-0.25, -0.2) is 4.98 Å². The maximum atomic E-state index is 5.58. The minimum absolute atomic E-state index is 0. The maximum Gasteiger partial charge on any atom is 0.218 e. The highest BCUT2D eigenvalue weighted by Gasteiger charge is 2.43. The van der Waals surface area contributed by atoms with Gasteiger partial charge in [0, 0.05) is 41.5 Å². The van der Waals surface area contributed by atoms with Gasteiger partial charge in [0.25, 0.3) is 0 Å². The largest absolute Gasteiger partial charge is 0.478 e. The summed E-state index contributed by atoms with van der Waals surface area (Å²) in [5.74, 6) is 1.48. The van der Waals surface area contributed by atoms with Crippen LogP contribution in [-0.2, 0) is 6.54 Å². The number of hydrogen-bond donors (Lipinski definition) is 2. The Balaban J connectivity index is 0.00000261. The van der Waals surface area contributed by atoms with Gasteiger partial charge in [-0.15, -0.1) is 35.7 Å². The van der Waals surface area contributed by atoms with E-state index in [1.165, 1.54) is 17.7 Å². The molecule has 5 nitrogen and oxygen atoms in total. The summed E-state index contributed by atoms with van der Waals surface area (Å²) in [6.45, 7) is 4.10. The standard InChI is InChI=1S/C20H26N4OS.HI/c1-3-25-18-16(8-7-13-22-18)14-23-19(21-2)24-15-20(11-12-20)26-17-9-5-4-6-10-17;/h4-10,13H,3,11-12,14-15H2,1-2H3,(H2,21,23,24);1H. The molecule has 3 rings (SSSR count). The van der Waals surface area contributed by atoms with Gasteiger partial charge in [-0.3, -0.25) is 4.99 Å². The third kappa shape index (κ3) is 6.57. The molecule has 1 aliphatic rings. The fourth-order valence-corrected chi connectivity index (χ4v) is 3.91. The van der Waals surface area contributed by atoms with Crippen LogP contribution in [0.2, 0.25) is 0 Å². The van der Waals surface area contributed by atoms with Crippen LogP contribution < -0.4 is 15.4 Å². The second-order valence-electron chi connectivity index (χ2n) is 6.28. The maximum absolute atomic E-state index is 5.58. The van der Waals surface area contributed by atoms with Crippen LogP contribution in [0.25, 0.3) is 0 Å². The number of pyridine rings is 1. The first-order valence-electron chi connectivity index (χ1n) is 9.00. The molecule has 1 saturated carbocycles. The van der Waals surface area contributed by atoms with Crippen molar-refractivity contribution < 1.29 is 4.74 Å². The third-order valence-electron chi connectivity index (χ3n) is 4.26.